The Morgan fingerprint density at radius 2 is 1.27 bits per heavy atom. The van der Waals surface area contributed by atoms with E-state index in [0.29, 0.717) is 28.1 Å². The molecule has 0 spiro atoms. The number of benzene rings is 2. The van der Waals surface area contributed by atoms with Crippen LogP contribution in [0.3, 0.4) is 0 Å². The summed E-state index contributed by atoms with van der Waals surface area (Å²) in [6.45, 7) is 0.845. The molecule has 2 aliphatic rings. The first-order valence-corrected chi connectivity index (χ1v) is 24.1. The molecule has 2 aliphatic heterocycles. The van der Waals surface area contributed by atoms with E-state index >= 15 is 0 Å². The van der Waals surface area contributed by atoms with Crippen LogP contribution in [0.2, 0.25) is 0 Å². The number of nitrogens with one attached hydrogen (secondary N) is 1. The molecule has 326 valence electrons. The molecule has 0 saturated heterocycles. The van der Waals surface area contributed by atoms with E-state index in [1.807, 2.05) is 35.7 Å². The van der Waals surface area contributed by atoms with Gasteiger partial charge in [0.15, 0.2) is 10.3 Å². The largest absolute Gasteiger partial charge is 1.00 e. The number of nitrogens with zero attached hydrogens (tertiary/aromatic N) is 11. The fourth-order valence-electron chi connectivity index (χ4n) is 7.58. The number of hydrogen-bond acceptors (Lipinski definition) is 13. The Kier molecular flexibility index (Phi) is 15.6. The van der Waals surface area contributed by atoms with E-state index in [0.717, 1.165) is 77.6 Å². The Morgan fingerprint density at radius 1 is 0.734 bits per heavy atom. The van der Waals surface area contributed by atoms with Crippen LogP contribution < -0.4 is 29.6 Å². The molecule has 15 nitrogen and oxygen atoms in total. The smallest absolute Gasteiger partial charge is 1.00 e. The topological polar surface area (TPSA) is 177 Å². The van der Waals surface area contributed by atoms with Gasteiger partial charge in [-0.2, -0.15) is 8.42 Å². The zero-order chi connectivity index (χ0) is 43.9. The van der Waals surface area contributed by atoms with Gasteiger partial charge in [-0.25, -0.2) is 48.7 Å². The van der Waals surface area contributed by atoms with E-state index in [1.165, 1.54) is 47.8 Å². The van der Waals surface area contributed by atoms with Crippen molar-refractivity contribution in [2.75, 3.05) is 25.4 Å². The normalized spacial score (nSPS) is 15.0. The van der Waals surface area contributed by atoms with Crippen molar-refractivity contribution in [2.24, 2.45) is 0 Å². The molecule has 0 saturated carbocycles. The van der Waals surface area contributed by atoms with Gasteiger partial charge in [0.05, 0.1) is 71.8 Å². The molecule has 64 heavy (non-hydrogen) atoms. The number of thioether (sulfide) groups is 2. The van der Waals surface area contributed by atoms with Crippen LogP contribution in [0.5, 0.6) is 0 Å². The minimum Gasteiger partial charge on any atom is -1.00 e. The van der Waals surface area contributed by atoms with Crippen LogP contribution in [0.15, 0.2) is 121 Å². The van der Waals surface area contributed by atoms with Gasteiger partial charge in [0, 0.05) is 67.7 Å². The van der Waals surface area contributed by atoms with Crippen LogP contribution in [0.1, 0.15) is 38.0 Å². The minimum absolute atomic E-state index is 0. The van der Waals surface area contributed by atoms with E-state index in [9.17, 15) is 17.2 Å². The average molecular weight is 933 g/mol. The zero-order valence-corrected chi connectivity index (χ0v) is 39.9. The number of aryl methyl sites for hydroxylation is 2. The second-order valence-corrected chi connectivity index (χ2v) is 17.6. The third kappa shape index (κ3) is 11.0. The van der Waals surface area contributed by atoms with Crippen molar-refractivity contribution >= 4 is 33.6 Å². The molecule has 0 radical (unpaired) electrons. The molecule has 0 bridgehead atoms. The first-order valence-electron chi connectivity index (χ1n) is 19.8. The van der Waals surface area contributed by atoms with Crippen LogP contribution >= 0.6 is 23.5 Å². The predicted octanol–water partition coefficient (Wildman–Crippen LogP) is 5.11. The molecule has 0 amide bonds. The molecular formula is C43H43F2N12NaO3S3. The molecule has 6 aromatic heterocycles. The molecule has 2 atom stereocenters. The van der Waals surface area contributed by atoms with Crippen molar-refractivity contribution in [1.82, 2.24) is 58.6 Å². The number of H-pyrrole nitrogens is 1. The number of imidazole rings is 4. The Morgan fingerprint density at radius 3 is 1.70 bits per heavy atom. The zero-order valence-electron chi connectivity index (χ0n) is 36.4. The third-order valence-corrected chi connectivity index (χ3v) is 12.0. The molecule has 10 rings (SSSR count). The van der Waals surface area contributed by atoms with Gasteiger partial charge in [-0.15, -0.1) is 0 Å². The van der Waals surface area contributed by atoms with Crippen molar-refractivity contribution < 1.29 is 52.4 Å². The summed E-state index contributed by atoms with van der Waals surface area (Å²) in [4.78, 5) is 38.2. The van der Waals surface area contributed by atoms with Crippen molar-refractivity contribution in [3.05, 3.63) is 134 Å². The van der Waals surface area contributed by atoms with Crippen LogP contribution in [-0.4, -0.2) is 92.3 Å². The van der Waals surface area contributed by atoms with E-state index in [1.54, 1.807) is 67.6 Å². The van der Waals surface area contributed by atoms with E-state index in [4.69, 9.17) is 19.1 Å². The SMILES string of the molecule is CSc1nccc(-c2c(-c3ccc(F)cc3)nc3n2[C@H](COS(C)(=O)=O)CC3)n1.CSc1nccc(-c2c(-c3ccc(F)cc3)nc3n2[C@H](Cn2ccnc2)CC3)n1.[H-].[Na+].c1c[nH]cn1. The maximum Gasteiger partial charge on any atom is 1.00 e. The fraction of sp³-hybridized carbons (Fsp3) is 0.256. The van der Waals surface area contributed by atoms with Gasteiger partial charge in [0.1, 0.15) is 23.3 Å². The van der Waals surface area contributed by atoms with Crippen molar-refractivity contribution in [1.29, 1.82) is 0 Å². The molecule has 1 N–H and O–H groups in total. The van der Waals surface area contributed by atoms with E-state index in [2.05, 4.69) is 39.0 Å². The average Bonchev–Trinajstić information content (AvgIpc) is 4.16. The summed E-state index contributed by atoms with van der Waals surface area (Å²) >= 11 is 2.93. The summed E-state index contributed by atoms with van der Waals surface area (Å²) in [5.74, 6) is 1.28. The van der Waals surface area contributed by atoms with Gasteiger partial charge in [0.2, 0.25) is 0 Å². The molecular weight excluding hydrogens is 890 g/mol. The van der Waals surface area contributed by atoms with Crippen molar-refractivity contribution in [3.8, 4) is 45.3 Å². The number of rotatable bonds is 11. The molecule has 0 aliphatic carbocycles. The monoisotopic (exact) mass is 932 g/mol. The Labute approximate surface area is 400 Å². The molecule has 0 unspecified atom stereocenters. The Hall–Kier alpha value is -5.09. The van der Waals surface area contributed by atoms with Crippen LogP contribution in [-0.2, 0) is 33.7 Å². The number of hydrogen-bond donors (Lipinski definition) is 1. The first-order chi connectivity index (χ1) is 30.6. The first kappa shape index (κ1) is 46.9. The Balaban J connectivity index is 0.000000189. The molecule has 8 aromatic rings. The second-order valence-electron chi connectivity index (χ2n) is 14.5. The second kappa shape index (κ2) is 21.3. The summed E-state index contributed by atoms with van der Waals surface area (Å²) in [5.41, 5.74) is 6.38. The van der Waals surface area contributed by atoms with Gasteiger partial charge in [-0.3, -0.25) is 4.18 Å². The quantitative estimate of drug-likeness (QED) is 0.0785. The maximum absolute atomic E-state index is 13.5. The van der Waals surface area contributed by atoms with Crippen LogP contribution in [0.25, 0.3) is 45.3 Å². The number of fused-ring (bicyclic) bond motifs is 2. The van der Waals surface area contributed by atoms with Crippen molar-refractivity contribution in [2.45, 2.75) is 54.6 Å². The molecule has 2 aromatic carbocycles. The van der Waals surface area contributed by atoms with Gasteiger partial charge in [0.25, 0.3) is 10.1 Å². The molecule has 21 heteroatoms. The summed E-state index contributed by atoms with van der Waals surface area (Å²) < 4.78 is 61.4. The summed E-state index contributed by atoms with van der Waals surface area (Å²) in [6.07, 6.45) is 22.4. The van der Waals surface area contributed by atoms with Gasteiger partial charge < -0.3 is 20.1 Å². The van der Waals surface area contributed by atoms with Gasteiger partial charge in [-0.05, 0) is 86.0 Å². The maximum atomic E-state index is 13.5. The predicted molar refractivity (Wildman–Crippen MR) is 238 cm³/mol. The number of aromatic amines is 1. The summed E-state index contributed by atoms with van der Waals surface area (Å²) in [5, 5.41) is 1.33. The fourth-order valence-corrected chi connectivity index (χ4v) is 8.70. The van der Waals surface area contributed by atoms with Gasteiger partial charge >= 0.3 is 29.6 Å². The van der Waals surface area contributed by atoms with E-state index in [-0.39, 0.29) is 61.3 Å². The van der Waals surface area contributed by atoms with Crippen molar-refractivity contribution in [3.63, 3.8) is 0 Å². The summed E-state index contributed by atoms with van der Waals surface area (Å²) in [7, 11) is -3.56. The van der Waals surface area contributed by atoms with Crippen LogP contribution in [0, 0.1) is 11.6 Å². The van der Waals surface area contributed by atoms with Gasteiger partial charge in [-0.1, -0.05) is 23.5 Å². The number of aromatic nitrogens is 12. The minimum atomic E-state index is -3.56. The van der Waals surface area contributed by atoms with Crippen LogP contribution in [0.4, 0.5) is 8.78 Å². The number of halogens is 2. The third-order valence-electron chi connectivity index (χ3n) is 10.3. The molecule has 8 heterocycles. The molecule has 0 fully saturated rings. The summed E-state index contributed by atoms with van der Waals surface area (Å²) in [6, 6.07) is 16.4. The Bertz CT molecular complexity index is 2870. The van der Waals surface area contributed by atoms with E-state index < -0.39 is 10.1 Å². The standard InChI is InChI=1S/C21H19FN6S.C19H19FN4O3S2.C3H4N2.Na.H/c1-29-21-24-9-8-17(25-21)20-19(14-2-4-15(22)5-3-14)26-18-7-6-16(28(18)20)12-27-11-10-23-13-27;1-28-19-21-10-9-15(22-19)18-17(12-3-5-13(20)6-4-12)23-16-8-7-14(24(16)18)11-27-29(2,25)26;1-2-5-3-4-1;;/h2-5,8-11,13,16H,6-7,12H2,1H3;3-6,9-10,14H,7-8,11H2,1-2H3;1-3H,(H,4,5);;/q;;;+1;-1/t16-;14-;;;/m00.../s1.